The van der Waals surface area contributed by atoms with E-state index < -0.39 is 68.3 Å². The van der Waals surface area contributed by atoms with Crippen LogP contribution < -0.4 is 5.06 Å². The summed E-state index contributed by atoms with van der Waals surface area (Å²) in [7, 11) is 1.67. The second-order valence-corrected chi connectivity index (χ2v) is 13.9. The first kappa shape index (κ1) is 28.8. The molecule has 0 radical (unpaired) electrons. The average Bonchev–Trinajstić information content (AvgIpc) is 3.17. The molecular weight excluding hydrogens is 645 g/mol. The van der Waals surface area contributed by atoms with E-state index in [1.54, 1.807) is 27.1 Å². The maximum absolute atomic E-state index is 17.6. The molecule has 218 valence electrons. The third kappa shape index (κ3) is 3.72. The van der Waals surface area contributed by atoms with Crippen molar-refractivity contribution in [3.05, 3.63) is 60.3 Å². The van der Waals surface area contributed by atoms with Crippen LogP contribution in [0.1, 0.15) is 33.1 Å². The molecule has 7 nitrogen and oxygen atoms in total. The summed E-state index contributed by atoms with van der Waals surface area (Å²) >= 11 is 2.13. The van der Waals surface area contributed by atoms with E-state index in [0.717, 1.165) is 17.0 Å². The van der Waals surface area contributed by atoms with E-state index >= 15 is 8.78 Å². The summed E-state index contributed by atoms with van der Waals surface area (Å²) in [4.78, 5) is 36.9. The first-order valence-corrected chi connectivity index (χ1v) is 15.1. The van der Waals surface area contributed by atoms with Crippen molar-refractivity contribution in [2.24, 2.45) is 22.7 Å². The fourth-order valence-electron chi connectivity index (χ4n) is 8.51. The number of halogens is 3. The van der Waals surface area contributed by atoms with Gasteiger partial charge >= 0.3 is 0 Å². The van der Waals surface area contributed by atoms with E-state index in [4.69, 9.17) is 4.84 Å². The zero-order valence-electron chi connectivity index (χ0n) is 23.1. The van der Waals surface area contributed by atoms with Gasteiger partial charge in [0.25, 0.3) is 0 Å². The number of nitrogens with zero attached hydrogens (tertiary/aromatic N) is 2. The van der Waals surface area contributed by atoms with Gasteiger partial charge in [-0.05, 0) is 74.1 Å². The van der Waals surface area contributed by atoms with Crippen molar-refractivity contribution in [2.45, 2.75) is 60.6 Å². The van der Waals surface area contributed by atoms with E-state index in [2.05, 4.69) is 27.6 Å². The maximum Gasteiger partial charge on any atom is 0.194 e. The molecule has 3 fully saturated rings. The quantitative estimate of drug-likeness (QED) is 0.270. The summed E-state index contributed by atoms with van der Waals surface area (Å²) in [6.45, 7) is 2.54. The Hall–Kier alpha value is -2.28. The average molecular weight is 679 g/mol. The molecule has 0 amide bonds. The molecule has 41 heavy (non-hydrogen) atoms. The van der Waals surface area contributed by atoms with Crippen LogP contribution in [0, 0.1) is 22.7 Å². The summed E-state index contributed by atoms with van der Waals surface area (Å²) in [5, 5.41) is 24.2. The number of anilines is 1. The van der Waals surface area contributed by atoms with Crippen molar-refractivity contribution in [1.29, 1.82) is 0 Å². The lowest BCUT2D eigenvalue weighted by Crippen LogP contribution is -2.71. The van der Waals surface area contributed by atoms with Crippen molar-refractivity contribution >= 4 is 50.7 Å². The summed E-state index contributed by atoms with van der Waals surface area (Å²) in [6, 6.07) is 9.25. The summed E-state index contributed by atoms with van der Waals surface area (Å²) in [6.07, 6.45) is 2.29. The Labute approximate surface area is 250 Å². The van der Waals surface area contributed by atoms with Crippen LogP contribution in [0.2, 0.25) is 0 Å². The standard InChI is InChI=1S/C31H33F2IN2O5/c1-28-9-8-19(38)12-22(28)23(32)13-21-20-14-25(34)31(27(40)16-37,29(20,2)15-26(39)30(21,28)33)41-36(3)18-6-7-24-17(11-18)5-4-10-35-24/h4-12,20-21,23,25-26,37,39H,13-16H2,1-3H3/t20-,21-,23-,25+,26-,28-,29-,30-,31-/m0/s1. The molecule has 4 aliphatic rings. The number of ketones is 2. The van der Waals surface area contributed by atoms with E-state index in [9.17, 15) is 19.8 Å². The molecule has 3 saturated carbocycles. The van der Waals surface area contributed by atoms with Crippen LogP contribution in [0.5, 0.6) is 0 Å². The molecule has 2 aromatic rings. The van der Waals surface area contributed by atoms with Crippen LogP contribution in [0.25, 0.3) is 10.9 Å². The smallest absolute Gasteiger partial charge is 0.194 e. The number of alkyl halides is 3. The highest BCUT2D eigenvalue weighted by Crippen LogP contribution is 2.71. The predicted molar refractivity (Wildman–Crippen MR) is 158 cm³/mol. The largest absolute Gasteiger partial charge is 0.390 e. The number of aliphatic hydroxyl groups excluding tert-OH is 2. The molecule has 0 spiro atoms. The molecule has 2 N–H and O–H groups in total. The second-order valence-electron chi connectivity index (χ2n) is 12.3. The number of fused-ring (bicyclic) bond motifs is 6. The zero-order valence-corrected chi connectivity index (χ0v) is 25.2. The Bertz CT molecular complexity index is 1500. The fraction of sp³-hybridized carbons (Fsp3) is 0.516. The van der Waals surface area contributed by atoms with Crippen LogP contribution in [-0.4, -0.2) is 67.9 Å². The minimum absolute atomic E-state index is 0.0508. The number of hydrogen-bond acceptors (Lipinski definition) is 7. The monoisotopic (exact) mass is 678 g/mol. The summed E-state index contributed by atoms with van der Waals surface area (Å²) in [5.74, 6) is -2.49. The van der Waals surface area contributed by atoms with Gasteiger partial charge in [-0.2, -0.15) is 0 Å². The number of hydrogen-bond donors (Lipinski definition) is 2. The van der Waals surface area contributed by atoms with Gasteiger partial charge in [0.05, 0.1) is 21.2 Å². The van der Waals surface area contributed by atoms with E-state index in [1.165, 1.54) is 17.2 Å². The molecule has 1 heterocycles. The Morgan fingerprint density at radius 2 is 2.00 bits per heavy atom. The molecule has 10 heteroatoms. The third-order valence-electron chi connectivity index (χ3n) is 10.6. The number of allylic oxidation sites excluding steroid dienone is 4. The lowest BCUT2D eigenvalue weighted by molar-refractivity contribution is -0.230. The lowest BCUT2D eigenvalue weighted by atomic mass is 9.44. The first-order valence-electron chi connectivity index (χ1n) is 13.9. The van der Waals surface area contributed by atoms with Gasteiger partial charge in [0.1, 0.15) is 12.8 Å². The fourth-order valence-corrected chi connectivity index (χ4v) is 10.2. The van der Waals surface area contributed by atoms with Crippen LogP contribution in [0.4, 0.5) is 14.5 Å². The zero-order chi connectivity index (χ0) is 29.5. The minimum Gasteiger partial charge on any atom is -0.390 e. The highest BCUT2D eigenvalue weighted by molar-refractivity contribution is 14.1. The van der Waals surface area contributed by atoms with Crippen LogP contribution in [0.15, 0.2) is 60.3 Å². The minimum atomic E-state index is -2.27. The molecule has 0 saturated heterocycles. The second kappa shape index (κ2) is 9.62. The number of rotatable bonds is 5. The Balaban J connectivity index is 1.44. The molecule has 0 bridgehead atoms. The van der Waals surface area contributed by atoms with Gasteiger partial charge in [-0.25, -0.2) is 8.78 Å². The van der Waals surface area contributed by atoms with Gasteiger partial charge in [0.2, 0.25) is 0 Å². The van der Waals surface area contributed by atoms with Gasteiger partial charge in [-0.1, -0.05) is 41.7 Å². The number of carbonyl (C=O) groups is 2. The maximum atomic E-state index is 17.6. The molecule has 1 aromatic carbocycles. The number of benzene rings is 1. The highest BCUT2D eigenvalue weighted by Gasteiger charge is 2.78. The highest BCUT2D eigenvalue weighted by atomic mass is 127. The van der Waals surface area contributed by atoms with Gasteiger partial charge in [0, 0.05) is 35.4 Å². The molecule has 9 atom stereocenters. The van der Waals surface area contributed by atoms with Gasteiger partial charge in [-0.3, -0.25) is 24.5 Å². The normalized spacial score (nSPS) is 41.4. The Morgan fingerprint density at radius 1 is 1.24 bits per heavy atom. The lowest BCUT2D eigenvalue weighted by Gasteiger charge is -2.63. The van der Waals surface area contributed by atoms with Gasteiger partial charge < -0.3 is 10.2 Å². The Kier molecular flexibility index (Phi) is 6.76. The molecule has 6 rings (SSSR count). The van der Waals surface area contributed by atoms with Crippen molar-refractivity contribution in [3.8, 4) is 0 Å². The molecule has 1 aromatic heterocycles. The molecule has 0 unspecified atom stereocenters. The van der Waals surface area contributed by atoms with E-state index in [1.807, 2.05) is 30.3 Å². The molecule has 0 aliphatic heterocycles. The first-order chi connectivity index (χ1) is 19.3. The number of pyridine rings is 1. The number of aliphatic hydroxyl groups is 2. The van der Waals surface area contributed by atoms with Crippen LogP contribution in [0.3, 0.4) is 0 Å². The van der Waals surface area contributed by atoms with Crippen molar-refractivity contribution in [2.75, 3.05) is 18.7 Å². The van der Waals surface area contributed by atoms with Crippen molar-refractivity contribution in [1.82, 2.24) is 4.98 Å². The Morgan fingerprint density at radius 3 is 2.73 bits per heavy atom. The molecule has 4 aliphatic carbocycles. The van der Waals surface area contributed by atoms with Gasteiger partial charge in [-0.15, -0.1) is 0 Å². The number of aromatic nitrogens is 1. The van der Waals surface area contributed by atoms with Gasteiger partial charge in [0.15, 0.2) is 22.8 Å². The number of Topliss-reactive ketones (excluding diaryl/α,β-unsaturated/α-hetero) is 1. The number of carbonyl (C=O) groups excluding carboxylic acids is 2. The number of hydroxylamine groups is 1. The van der Waals surface area contributed by atoms with Crippen LogP contribution in [-0.2, 0) is 14.4 Å². The van der Waals surface area contributed by atoms with E-state index in [0.29, 0.717) is 12.1 Å². The van der Waals surface area contributed by atoms with Crippen LogP contribution >= 0.6 is 22.6 Å². The summed E-state index contributed by atoms with van der Waals surface area (Å²) in [5.41, 5.74) is -5.08. The van der Waals surface area contributed by atoms with E-state index in [-0.39, 0.29) is 18.4 Å². The molecular formula is C31H33F2IN2O5. The predicted octanol–water partition coefficient (Wildman–Crippen LogP) is 4.64. The third-order valence-corrected chi connectivity index (χ3v) is 11.9. The van der Waals surface area contributed by atoms with Crippen molar-refractivity contribution < 1.29 is 33.4 Å². The summed E-state index contributed by atoms with van der Waals surface area (Å²) < 4.78 is 32.9. The van der Waals surface area contributed by atoms with Crippen molar-refractivity contribution in [3.63, 3.8) is 0 Å². The SMILES string of the molecule is CN(O[C@]1(C(=O)CO)[C@H](I)C[C@H]2[C@@H]3C[C@H](F)C4=CC(=O)C=C[C@]4(C)[C@@]3(F)[C@@H](O)C[C@@]21C)c1ccc2ncccc2c1. The topological polar surface area (TPSA) is 100.0 Å².